The summed E-state index contributed by atoms with van der Waals surface area (Å²) in [6.45, 7) is 3.68. The van der Waals surface area contributed by atoms with Gasteiger partial charge in [-0.25, -0.2) is 4.79 Å². The van der Waals surface area contributed by atoms with Gasteiger partial charge in [-0.3, -0.25) is 9.59 Å². The number of piperidine rings is 1. The van der Waals surface area contributed by atoms with Crippen molar-refractivity contribution < 1.29 is 38.4 Å². The van der Waals surface area contributed by atoms with E-state index in [0.29, 0.717) is 60.1 Å². The van der Waals surface area contributed by atoms with E-state index in [2.05, 4.69) is 16.0 Å². The Kier molecular flexibility index (Phi) is 10.4. The number of nitrogens with zero attached hydrogens (tertiary/aromatic N) is 1. The molecule has 12 nitrogen and oxygen atoms in total. The predicted octanol–water partition coefficient (Wildman–Crippen LogP) is 3.36. The maximum atomic E-state index is 13.4. The number of methoxy groups -OCH3 is 1. The van der Waals surface area contributed by atoms with Crippen LogP contribution in [0.1, 0.15) is 38.3 Å². The molecular weight excluding hydrogens is 580 g/mol. The van der Waals surface area contributed by atoms with Crippen molar-refractivity contribution >= 4 is 17.8 Å². The molecule has 0 saturated carbocycles. The van der Waals surface area contributed by atoms with Gasteiger partial charge in [0.15, 0.2) is 0 Å². The lowest BCUT2D eigenvalue weighted by atomic mass is 10.00. The summed E-state index contributed by atoms with van der Waals surface area (Å²) in [5, 5.41) is 18.5. The summed E-state index contributed by atoms with van der Waals surface area (Å²) in [5.41, 5.74) is 2.25. The second kappa shape index (κ2) is 14.8. The lowest BCUT2D eigenvalue weighted by molar-refractivity contribution is -0.0235. The number of rotatable bonds is 5. The largest absolute Gasteiger partial charge is 0.508 e. The number of carbonyl (C=O) groups excluding carboxylic acids is 3. The van der Waals surface area contributed by atoms with Crippen LogP contribution in [0.3, 0.4) is 0 Å². The molecule has 1 saturated heterocycles. The molecule has 0 aliphatic carbocycles. The number of carbonyl (C=O) groups is 3. The van der Waals surface area contributed by atoms with Crippen LogP contribution >= 0.6 is 0 Å². The van der Waals surface area contributed by atoms with Crippen LogP contribution in [0.25, 0.3) is 0 Å². The van der Waals surface area contributed by atoms with Gasteiger partial charge in [-0.1, -0.05) is 12.1 Å². The van der Waals surface area contributed by atoms with Crippen LogP contribution in [0.4, 0.5) is 4.79 Å². The predicted molar refractivity (Wildman–Crippen MR) is 165 cm³/mol. The minimum atomic E-state index is -0.502. The molecule has 12 heteroatoms. The van der Waals surface area contributed by atoms with Crippen molar-refractivity contribution in [2.24, 2.45) is 0 Å². The van der Waals surface area contributed by atoms with Crippen molar-refractivity contribution in [3.8, 4) is 23.0 Å². The number of hydrogen-bond donors (Lipinski definition) is 4. The molecule has 5 rings (SSSR count). The zero-order valence-corrected chi connectivity index (χ0v) is 25.3. The highest BCUT2D eigenvalue weighted by molar-refractivity contribution is 5.95. The van der Waals surface area contributed by atoms with E-state index in [0.717, 1.165) is 5.56 Å². The molecule has 0 spiro atoms. The van der Waals surface area contributed by atoms with Crippen molar-refractivity contribution in [2.45, 2.75) is 32.1 Å². The first-order valence-corrected chi connectivity index (χ1v) is 14.9. The number of aryl methyl sites for hydroxylation is 1. The number of likely N-dealkylation sites (tertiary alicyclic amines) is 1. The van der Waals surface area contributed by atoms with Crippen LogP contribution in [-0.4, -0.2) is 86.5 Å². The molecule has 4 N–H and O–H groups in total. The van der Waals surface area contributed by atoms with E-state index < -0.39 is 12.1 Å². The topological polar surface area (TPSA) is 148 Å². The van der Waals surface area contributed by atoms with Crippen LogP contribution < -0.4 is 25.4 Å². The number of hydrogen-bond acceptors (Lipinski definition) is 8. The SMILES string of the molecule is COCCOc1cc2cc(c1)C(=O)NCCNC(=O)N[C@H]1CCN(C(=O)c3ccc(O)c(C)c3)C[C@@H]1OCc1cccc(c1)O2. The number of nitrogens with one attached hydrogen (secondary N) is 3. The quantitative estimate of drug-likeness (QED) is 0.319. The standard InChI is InChI=1S/C33H38N4O8/c1-21-14-23(6-7-29(21)38)32(40)37-11-8-28-30(19-37)44-20-22-4-3-5-25(15-22)45-27-17-24(16-26(18-27)43-13-12-42-2)31(39)34-9-10-35-33(41)36-28/h3-7,14-18,28,30,38H,8-13,19-20H2,1-2H3,(H,34,39)(H2,35,36,41)/t28-,30-/m0/s1. The first kappa shape index (κ1) is 31.6. The monoisotopic (exact) mass is 618 g/mol. The third-order valence-corrected chi connectivity index (χ3v) is 7.60. The van der Waals surface area contributed by atoms with Gasteiger partial charge in [-0.05, 0) is 66.9 Å². The highest BCUT2D eigenvalue weighted by Crippen LogP contribution is 2.29. The average molecular weight is 619 g/mol. The Morgan fingerprint density at radius 1 is 1.02 bits per heavy atom. The van der Waals surface area contributed by atoms with Crippen LogP contribution in [0.5, 0.6) is 23.0 Å². The highest BCUT2D eigenvalue weighted by atomic mass is 16.5. The molecule has 0 unspecified atom stereocenters. The molecule has 2 atom stereocenters. The maximum absolute atomic E-state index is 13.4. The van der Waals surface area contributed by atoms with Crippen LogP contribution in [0.2, 0.25) is 0 Å². The summed E-state index contributed by atoms with van der Waals surface area (Å²) in [6, 6.07) is 16.3. The second-order valence-corrected chi connectivity index (χ2v) is 10.9. The molecule has 2 aliphatic rings. The van der Waals surface area contributed by atoms with Crippen LogP contribution in [0, 0.1) is 6.92 Å². The summed E-state index contributed by atoms with van der Waals surface area (Å²) in [7, 11) is 1.58. The van der Waals surface area contributed by atoms with E-state index in [4.69, 9.17) is 18.9 Å². The lowest BCUT2D eigenvalue weighted by Crippen LogP contribution is -2.58. The number of phenolic OH excluding ortho intramolecular Hbond substituents is 1. The van der Waals surface area contributed by atoms with E-state index in [1.807, 2.05) is 18.2 Å². The smallest absolute Gasteiger partial charge is 0.315 e. The Morgan fingerprint density at radius 2 is 1.87 bits per heavy atom. The molecule has 3 aromatic carbocycles. The number of fused-ring (bicyclic) bond motifs is 5. The molecule has 238 valence electrons. The van der Waals surface area contributed by atoms with Gasteiger partial charge in [0.1, 0.15) is 29.6 Å². The van der Waals surface area contributed by atoms with Crippen molar-refractivity contribution in [3.05, 3.63) is 82.9 Å². The molecule has 0 aromatic heterocycles. The van der Waals surface area contributed by atoms with Gasteiger partial charge >= 0.3 is 6.03 Å². The second-order valence-electron chi connectivity index (χ2n) is 10.9. The summed E-state index contributed by atoms with van der Waals surface area (Å²) in [4.78, 5) is 40.9. The number of ether oxygens (including phenoxy) is 4. The number of aromatic hydroxyl groups is 1. The Morgan fingerprint density at radius 3 is 2.69 bits per heavy atom. The summed E-state index contributed by atoms with van der Waals surface area (Å²) >= 11 is 0. The van der Waals surface area contributed by atoms with E-state index >= 15 is 0 Å². The fourth-order valence-electron chi connectivity index (χ4n) is 5.21. The Labute approximate surface area is 261 Å². The Balaban J connectivity index is 1.37. The molecule has 4 bridgehead atoms. The van der Waals surface area contributed by atoms with Crippen LogP contribution in [-0.2, 0) is 16.1 Å². The fourth-order valence-corrected chi connectivity index (χ4v) is 5.21. The number of benzene rings is 3. The highest BCUT2D eigenvalue weighted by Gasteiger charge is 2.34. The van der Waals surface area contributed by atoms with E-state index in [9.17, 15) is 19.5 Å². The normalized spacial score (nSPS) is 19.0. The molecule has 2 heterocycles. The molecule has 0 radical (unpaired) electrons. The number of amides is 4. The third-order valence-electron chi connectivity index (χ3n) is 7.60. The van der Waals surface area contributed by atoms with Gasteiger partial charge in [-0.15, -0.1) is 0 Å². The van der Waals surface area contributed by atoms with Gasteiger partial charge < -0.3 is 44.9 Å². The van der Waals surface area contributed by atoms with Gasteiger partial charge in [-0.2, -0.15) is 0 Å². The first-order chi connectivity index (χ1) is 21.8. The molecular formula is C33H38N4O8. The van der Waals surface area contributed by atoms with Crippen molar-refractivity contribution in [2.75, 3.05) is 46.5 Å². The fraction of sp³-hybridized carbons (Fsp3) is 0.364. The average Bonchev–Trinajstić information content (AvgIpc) is 3.03. The Bertz CT molecular complexity index is 1530. The third kappa shape index (κ3) is 8.43. The number of phenols is 1. The summed E-state index contributed by atoms with van der Waals surface area (Å²) in [6.07, 6.45) is -0.0252. The lowest BCUT2D eigenvalue weighted by Gasteiger charge is -2.38. The Hall–Kier alpha value is -4.81. The molecule has 2 aliphatic heterocycles. The molecule has 45 heavy (non-hydrogen) atoms. The van der Waals surface area contributed by atoms with Crippen molar-refractivity contribution in [3.63, 3.8) is 0 Å². The van der Waals surface area contributed by atoms with Gasteiger partial charge in [0.25, 0.3) is 11.8 Å². The van der Waals surface area contributed by atoms with Gasteiger partial charge in [0, 0.05) is 50.5 Å². The van der Waals surface area contributed by atoms with Crippen LogP contribution in [0.15, 0.2) is 60.7 Å². The van der Waals surface area contributed by atoms with Gasteiger partial charge in [0.05, 0.1) is 25.4 Å². The zero-order chi connectivity index (χ0) is 31.8. The molecule has 4 amide bonds. The maximum Gasteiger partial charge on any atom is 0.315 e. The van der Waals surface area contributed by atoms with E-state index in [-0.39, 0.29) is 49.8 Å². The van der Waals surface area contributed by atoms with Crippen molar-refractivity contribution in [1.29, 1.82) is 0 Å². The number of urea groups is 1. The van der Waals surface area contributed by atoms with E-state index in [1.165, 1.54) is 6.07 Å². The molecule has 3 aromatic rings. The zero-order valence-electron chi connectivity index (χ0n) is 25.3. The van der Waals surface area contributed by atoms with Gasteiger partial charge in [0.2, 0.25) is 0 Å². The molecule has 1 fully saturated rings. The van der Waals surface area contributed by atoms with Crippen molar-refractivity contribution in [1.82, 2.24) is 20.9 Å². The first-order valence-electron chi connectivity index (χ1n) is 14.9. The minimum absolute atomic E-state index is 0.127. The summed E-state index contributed by atoms with van der Waals surface area (Å²) in [5.74, 6) is 1.01. The van der Waals surface area contributed by atoms with E-state index in [1.54, 1.807) is 55.3 Å². The minimum Gasteiger partial charge on any atom is -0.508 e. The summed E-state index contributed by atoms with van der Waals surface area (Å²) < 4.78 is 23.3.